The lowest BCUT2D eigenvalue weighted by molar-refractivity contribution is -0.125. The van der Waals surface area contributed by atoms with Gasteiger partial charge in [0.25, 0.3) is 0 Å². The molecule has 0 saturated heterocycles. The van der Waals surface area contributed by atoms with Crippen molar-refractivity contribution in [2.75, 3.05) is 13.7 Å². The summed E-state index contributed by atoms with van der Waals surface area (Å²) in [5.74, 6) is 0.244. The Bertz CT molecular complexity index is 421. The maximum atomic E-state index is 12.2. The third-order valence-electron chi connectivity index (χ3n) is 3.12. The number of benzene rings is 1. The van der Waals surface area contributed by atoms with Crippen molar-refractivity contribution in [1.29, 1.82) is 0 Å². The lowest BCUT2D eigenvalue weighted by atomic mass is 9.86. The van der Waals surface area contributed by atoms with E-state index < -0.39 is 0 Å². The number of hydrogen-bond donors (Lipinski definition) is 0. The van der Waals surface area contributed by atoms with Crippen molar-refractivity contribution in [3.63, 3.8) is 0 Å². The lowest BCUT2D eigenvalue weighted by Crippen LogP contribution is -2.30. The molecule has 0 bridgehead atoms. The fraction of sp³-hybridized carbons (Fsp3) is 0.562. The van der Waals surface area contributed by atoms with Crippen LogP contribution in [-0.4, -0.2) is 24.3 Å². The van der Waals surface area contributed by atoms with Gasteiger partial charge in [-0.1, -0.05) is 61.0 Å². The van der Waals surface area contributed by atoms with Crippen LogP contribution in [0.3, 0.4) is 0 Å². The molecule has 2 nitrogen and oxygen atoms in total. The lowest BCUT2D eigenvalue weighted by Gasteiger charge is -2.21. The number of hydrogen-bond acceptors (Lipinski definition) is 2. The Morgan fingerprint density at radius 2 is 1.84 bits per heavy atom. The zero-order valence-electron chi connectivity index (χ0n) is 12.2. The standard InChI is InChI=1S/C16H23BrO2/c1-16(2,3)15(18)14(17)11-13-8-6-5-7-12(13)9-10-19-4/h5-8,14H,9-11H2,1-4H3. The Morgan fingerprint density at radius 3 is 2.37 bits per heavy atom. The first-order chi connectivity index (χ1) is 8.86. The molecule has 0 amide bonds. The molecule has 0 heterocycles. The quantitative estimate of drug-likeness (QED) is 0.743. The Kier molecular flexibility index (Phi) is 6.21. The van der Waals surface area contributed by atoms with E-state index in [4.69, 9.17) is 4.74 Å². The van der Waals surface area contributed by atoms with Crippen molar-refractivity contribution in [3.05, 3.63) is 35.4 Å². The molecule has 106 valence electrons. The number of alkyl halides is 1. The molecule has 1 atom stereocenters. The highest BCUT2D eigenvalue weighted by Gasteiger charge is 2.28. The van der Waals surface area contributed by atoms with Gasteiger partial charge in [0, 0.05) is 12.5 Å². The molecule has 1 aromatic carbocycles. The topological polar surface area (TPSA) is 26.3 Å². The van der Waals surface area contributed by atoms with Crippen LogP contribution in [0.1, 0.15) is 31.9 Å². The molecule has 0 N–H and O–H groups in total. The summed E-state index contributed by atoms with van der Waals surface area (Å²) in [5.41, 5.74) is 2.17. The molecule has 0 aliphatic carbocycles. The number of carbonyl (C=O) groups excluding carboxylic acids is 1. The average molecular weight is 327 g/mol. The van der Waals surface area contributed by atoms with E-state index in [9.17, 15) is 4.79 Å². The number of rotatable bonds is 6. The average Bonchev–Trinajstić information content (AvgIpc) is 2.35. The van der Waals surface area contributed by atoms with Crippen LogP contribution in [0.2, 0.25) is 0 Å². The van der Waals surface area contributed by atoms with Gasteiger partial charge in [-0.2, -0.15) is 0 Å². The maximum absolute atomic E-state index is 12.2. The number of ether oxygens (including phenoxy) is 1. The summed E-state index contributed by atoms with van der Waals surface area (Å²) in [7, 11) is 1.71. The summed E-state index contributed by atoms with van der Waals surface area (Å²) in [5, 5.41) is 0. The third-order valence-corrected chi connectivity index (χ3v) is 3.86. The van der Waals surface area contributed by atoms with Crippen LogP contribution in [0.25, 0.3) is 0 Å². The highest BCUT2D eigenvalue weighted by atomic mass is 79.9. The van der Waals surface area contributed by atoms with Gasteiger partial charge >= 0.3 is 0 Å². The van der Waals surface area contributed by atoms with Crippen molar-refractivity contribution < 1.29 is 9.53 Å². The fourth-order valence-corrected chi connectivity index (χ4v) is 3.00. The highest BCUT2D eigenvalue weighted by molar-refractivity contribution is 9.10. The zero-order valence-corrected chi connectivity index (χ0v) is 13.8. The number of Topliss-reactive ketones (excluding diaryl/α,β-unsaturated/α-hetero) is 1. The van der Waals surface area contributed by atoms with Crippen molar-refractivity contribution in [1.82, 2.24) is 0 Å². The maximum Gasteiger partial charge on any atom is 0.152 e. The molecule has 1 unspecified atom stereocenters. The van der Waals surface area contributed by atoms with E-state index in [0.717, 1.165) is 12.8 Å². The van der Waals surface area contributed by atoms with Gasteiger partial charge in [-0.15, -0.1) is 0 Å². The Hall–Kier alpha value is -0.670. The molecule has 19 heavy (non-hydrogen) atoms. The van der Waals surface area contributed by atoms with Crippen LogP contribution in [0.5, 0.6) is 0 Å². The van der Waals surface area contributed by atoms with E-state index in [-0.39, 0.29) is 16.0 Å². The minimum absolute atomic E-state index is 0.129. The predicted molar refractivity (Wildman–Crippen MR) is 82.9 cm³/mol. The number of ketones is 1. The normalized spacial score (nSPS) is 13.3. The van der Waals surface area contributed by atoms with Crippen LogP contribution >= 0.6 is 15.9 Å². The van der Waals surface area contributed by atoms with Gasteiger partial charge in [0.2, 0.25) is 0 Å². The number of halogens is 1. The SMILES string of the molecule is COCCc1ccccc1CC(Br)C(=O)C(C)(C)C. The van der Waals surface area contributed by atoms with E-state index >= 15 is 0 Å². The van der Waals surface area contributed by atoms with Crippen molar-refractivity contribution >= 4 is 21.7 Å². The fourth-order valence-electron chi connectivity index (χ4n) is 1.97. The second-order valence-corrected chi connectivity index (χ2v) is 6.90. The second-order valence-electron chi connectivity index (χ2n) is 5.80. The van der Waals surface area contributed by atoms with Gasteiger partial charge in [0.05, 0.1) is 11.4 Å². The molecule has 0 spiro atoms. The van der Waals surface area contributed by atoms with Gasteiger partial charge in [0.1, 0.15) is 0 Å². The van der Waals surface area contributed by atoms with Crippen molar-refractivity contribution in [2.45, 2.75) is 38.4 Å². The minimum atomic E-state index is -0.310. The van der Waals surface area contributed by atoms with E-state index in [2.05, 4.69) is 28.1 Å². The molecule has 0 radical (unpaired) electrons. The van der Waals surface area contributed by atoms with Gasteiger partial charge in [-0.3, -0.25) is 4.79 Å². The smallest absolute Gasteiger partial charge is 0.152 e. The predicted octanol–water partition coefficient (Wildman–Crippen LogP) is 3.80. The molecule has 3 heteroatoms. The summed E-state index contributed by atoms with van der Waals surface area (Å²) >= 11 is 3.54. The first-order valence-electron chi connectivity index (χ1n) is 6.60. The van der Waals surface area contributed by atoms with Crippen LogP contribution in [-0.2, 0) is 22.4 Å². The number of carbonyl (C=O) groups is 1. The first kappa shape index (κ1) is 16.4. The van der Waals surface area contributed by atoms with Crippen LogP contribution in [0.15, 0.2) is 24.3 Å². The molecule has 0 aliphatic rings. The van der Waals surface area contributed by atoms with Gasteiger partial charge in [-0.05, 0) is 24.0 Å². The number of methoxy groups -OCH3 is 1. The van der Waals surface area contributed by atoms with Gasteiger partial charge in [-0.25, -0.2) is 0 Å². The van der Waals surface area contributed by atoms with E-state index in [1.54, 1.807) is 7.11 Å². The largest absolute Gasteiger partial charge is 0.384 e. The van der Waals surface area contributed by atoms with Gasteiger partial charge in [0.15, 0.2) is 5.78 Å². The summed E-state index contributed by atoms with van der Waals surface area (Å²) in [6, 6.07) is 8.25. The van der Waals surface area contributed by atoms with E-state index in [0.29, 0.717) is 6.61 Å². The molecule has 1 rings (SSSR count). The summed E-state index contributed by atoms with van der Waals surface area (Å²) in [4.78, 5) is 12.1. The zero-order chi connectivity index (χ0) is 14.5. The highest BCUT2D eigenvalue weighted by Crippen LogP contribution is 2.24. The van der Waals surface area contributed by atoms with Crippen LogP contribution in [0.4, 0.5) is 0 Å². The van der Waals surface area contributed by atoms with Gasteiger partial charge < -0.3 is 4.74 Å². The Labute approximate surface area is 124 Å². The second kappa shape index (κ2) is 7.20. The summed E-state index contributed by atoms with van der Waals surface area (Å²) in [6.45, 7) is 6.58. The molecular formula is C16H23BrO2. The summed E-state index contributed by atoms with van der Waals surface area (Å²) < 4.78 is 5.13. The van der Waals surface area contributed by atoms with Crippen LogP contribution in [0, 0.1) is 5.41 Å². The van der Waals surface area contributed by atoms with Crippen LogP contribution < -0.4 is 0 Å². The molecule has 1 aromatic rings. The Morgan fingerprint density at radius 1 is 1.26 bits per heavy atom. The molecule has 0 aliphatic heterocycles. The van der Waals surface area contributed by atoms with E-state index in [1.807, 2.05) is 32.9 Å². The van der Waals surface area contributed by atoms with E-state index in [1.165, 1.54) is 11.1 Å². The van der Waals surface area contributed by atoms with Crippen molar-refractivity contribution in [3.8, 4) is 0 Å². The molecular weight excluding hydrogens is 304 g/mol. The third kappa shape index (κ3) is 5.07. The summed E-state index contributed by atoms with van der Waals surface area (Å²) in [6.07, 6.45) is 1.62. The molecule has 0 fully saturated rings. The minimum Gasteiger partial charge on any atom is -0.384 e. The molecule has 0 aromatic heterocycles. The first-order valence-corrected chi connectivity index (χ1v) is 7.52. The molecule has 0 saturated carbocycles. The monoisotopic (exact) mass is 326 g/mol. The van der Waals surface area contributed by atoms with Crippen molar-refractivity contribution in [2.24, 2.45) is 5.41 Å². The Balaban J connectivity index is 2.79.